The van der Waals surface area contributed by atoms with Crippen LogP contribution in [0.1, 0.15) is 17.5 Å². The Hall–Kier alpha value is -3.09. The number of amides is 2. The monoisotopic (exact) mass is 419 g/mol. The number of aryl methyl sites for hydroxylation is 1. The summed E-state index contributed by atoms with van der Waals surface area (Å²) in [5.74, 6) is 0.952. The summed E-state index contributed by atoms with van der Waals surface area (Å²) in [5.41, 5.74) is 3.70. The molecule has 3 aliphatic rings. The highest BCUT2D eigenvalue weighted by molar-refractivity contribution is 6.06. The number of aromatic amines is 1. The maximum Gasteiger partial charge on any atom is 0.233 e. The van der Waals surface area contributed by atoms with Gasteiger partial charge in [0.15, 0.2) is 5.96 Å². The van der Waals surface area contributed by atoms with Gasteiger partial charge in [0.25, 0.3) is 0 Å². The van der Waals surface area contributed by atoms with Gasteiger partial charge in [-0.3, -0.25) is 19.5 Å². The molecule has 162 valence electrons. The van der Waals surface area contributed by atoms with E-state index in [1.54, 1.807) is 7.05 Å². The molecule has 1 aromatic heterocycles. The molecule has 2 fully saturated rings. The summed E-state index contributed by atoms with van der Waals surface area (Å²) in [4.78, 5) is 34.6. The second-order valence-electron chi connectivity index (χ2n) is 8.82. The smallest absolute Gasteiger partial charge is 0.233 e. The van der Waals surface area contributed by atoms with Gasteiger partial charge >= 0.3 is 0 Å². The van der Waals surface area contributed by atoms with Crippen molar-refractivity contribution in [1.82, 2.24) is 20.5 Å². The molecular formula is C24H29N5O2. The topological polar surface area (TPSA) is 89.6 Å². The second-order valence-corrected chi connectivity index (χ2v) is 8.82. The van der Waals surface area contributed by atoms with E-state index in [-0.39, 0.29) is 35.5 Å². The zero-order chi connectivity index (χ0) is 21.5. The second kappa shape index (κ2) is 7.87. The van der Waals surface area contributed by atoms with Gasteiger partial charge in [0, 0.05) is 43.8 Å². The molecule has 1 aromatic carbocycles. The van der Waals surface area contributed by atoms with Crippen molar-refractivity contribution in [3.05, 3.63) is 47.7 Å². The fourth-order valence-corrected chi connectivity index (χ4v) is 5.58. The fourth-order valence-electron chi connectivity index (χ4n) is 5.58. The highest BCUT2D eigenvalue weighted by Gasteiger charge is 2.58. The molecule has 2 amide bonds. The molecule has 0 spiro atoms. The number of imide groups is 1. The number of H-pyrrole nitrogens is 1. The highest BCUT2D eigenvalue weighted by Crippen LogP contribution is 2.52. The number of hydrogen-bond acceptors (Lipinski definition) is 3. The Bertz CT molecular complexity index is 1050. The summed E-state index contributed by atoms with van der Waals surface area (Å²) in [6, 6.07) is 6.33. The van der Waals surface area contributed by atoms with E-state index in [0.29, 0.717) is 19.0 Å². The van der Waals surface area contributed by atoms with Gasteiger partial charge in [0.1, 0.15) is 0 Å². The summed E-state index contributed by atoms with van der Waals surface area (Å²) >= 11 is 0. The fraction of sp³-hybridized carbons (Fsp3) is 0.458. The number of likely N-dealkylation sites (tertiary alicyclic amines) is 1. The van der Waals surface area contributed by atoms with E-state index < -0.39 is 0 Å². The highest BCUT2D eigenvalue weighted by atomic mass is 16.2. The first-order valence-corrected chi connectivity index (χ1v) is 11.1. The van der Waals surface area contributed by atoms with Crippen LogP contribution in [0.25, 0.3) is 10.9 Å². The minimum absolute atomic E-state index is 0.00576. The summed E-state index contributed by atoms with van der Waals surface area (Å²) in [6.45, 7) is 3.72. The van der Waals surface area contributed by atoms with Crippen LogP contribution in [0.3, 0.4) is 0 Å². The largest absolute Gasteiger partial charge is 0.361 e. The van der Waals surface area contributed by atoms with Crippen molar-refractivity contribution in [1.29, 1.82) is 0 Å². The number of benzene rings is 1. The normalized spacial score (nSPS) is 26.9. The van der Waals surface area contributed by atoms with E-state index >= 15 is 0 Å². The molecule has 4 atom stereocenters. The molecule has 7 nitrogen and oxygen atoms in total. The number of aromatic nitrogens is 1. The number of rotatable bonds is 6. The predicted octanol–water partition coefficient (Wildman–Crippen LogP) is 1.99. The number of allylic oxidation sites excluding steroid dienone is 2. The third kappa shape index (κ3) is 3.32. The molecule has 5 rings (SSSR count). The van der Waals surface area contributed by atoms with Crippen molar-refractivity contribution in [3.63, 3.8) is 0 Å². The zero-order valence-corrected chi connectivity index (χ0v) is 18.0. The van der Waals surface area contributed by atoms with Crippen LogP contribution in [0.15, 0.2) is 41.5 Å². The van der Waals surface area contributed by atoms with E-state index in [0.717, 1.165) is 19.4 Å². The van der Waals surface area contributed by atoms with Gasteiger partial charge in [0.2, 0.25) is 11.8 Å². The Balaban J connectivity index is 1.11. The maximum absolute atomic E-state index is 12.8. The third-order valence-electron chi connectivity index (χ3n) is 7.11. The van der Waals surface area contributed by atoms with E-state index in [4.69, 9.17) is 0 Å². The molecule has 1 saturated heterocycles. The Labute approximate surface area is 182 Å². The molecule has 0 radical (unpaired) electrons. The molecule has 31 heavy (non-hydrogen) atoms. The molecule has 4 unspecified atom stereocenters. The standard InChI is InChI=1S/C24H29N5O2/c1-14-4-3-5-18-17(13-28-21(14)18)8-9-26-24(25-2)27-10-11-29-22(30)19-15-6-7-16(12-15)20(19)23(29)31/h3-7,13,15-16,19-20,28H,8-12H2,1-2H3,(H2,25,26,27). The lowest BCUT2D eigenvalue weighted by Crippen LogP contribution is -2.44. The van der Waals surface area contributed by atoms with Crippen LogP contribution in [0.4, 0.5) is 0 Å². The van der Waals surface area contributed by atoms with Crippen LogP contribution in [-0.4, -0.2) is 54.3 Å². The van der Waals surface area contributed by atoms with Gasteiger partial charge in [-0.2, -0.15) is 0 Å². The van der Waals surface area contributed by atoms with Gasteiger partial charge in [-0.1, -0.05) is 30.4 Å². The van der Waals surface area contributed by atoms with Crippen molar-refractivity contribution >= 4 is 28.7 Å². The summed E-state index contributed by atoms with van der Waals surface area (Å²) in [7, 11) is 1.73. The number of nitrogens with one attached hydrogen (secondary N) is 3. The average Bonchev–Trinajstić information content (AvgIpc) is 3.53. The Kier molecular flexibility index (Phi) is 5.04. The zero-order valence-electron chi connectivity index (χ0n) is 18.0. The van der Waals surface area contributed by atoms with Gasteiger partial charge in [0.05, 0.1) is 11.8 Å². The lowest BCUT2D eigenvalue weighted by atomic mass is 9.85. The van der Waals surface area contributed by atoms with Crippen molar-refractivity contribution < 1.29 is 9.59 Å². The molecule has 1 aliphatic heterocycles. The number of carbonyl (C=O) groups excluding carboxylic acids is 2. The van der Waals surface area contributed by atoms with E-state index in [1.807, 2.05) is 0 Å². The quantitative estimate of drug-likeness (QED) is 0.289. The summed E-state index contributed by atoms with van der Waals surface area (Å²) in [5, 5.41) is 7.82. The van der Waals surface area contributed by atoms with Crippen LogP contribution < -0.4 is 10.6 Å². The van der Waals surface area contributed by atoms with Crippen molar-refractivity contribution in [2.45, 2.75) is 19.8 Å². The number of nitrogens with zero attached hydrogens (tertiary/aromatic N) is 2. The summed E-state index contributed by atoms with van der Waals surface area (Å²) < 4.78 is 0. The molecule has 2 aromatic rings. The minimum atomic E-state index is -0.125. The first kappa shape index (κ1) is 19.8. The molecule has 2 heterocycles. The van der Waals surface area contributed by atoms with Crippen molar-refractivity contribution in [2.24, 2.45) is 28.7 Å². The van der Waals surface area contributed by atoms with Crippen molar-refractivity contribution in [3.8, 4) is 0 Å². The van der Waals surface area contributed by atoms with Crippen LogP contribution in [0.5, 0.6) is 0 Å². The van der Waals surface area contributed by atoms with Crippen LogP contribution in [0, 0.1) is 30.6 Å². The lowest BCUT2D eigenvalue weighted by molar-refractivity contribution is -0.140. The molecule has 3 N–H and O–H groups in total. The lowest BCUT2D eigenvalue weighted by Gasteiger charge is -2.18. The molecule has 2 bridgehead atoms. The SMILES string of the molecule is CN=C(NCCc1c[nH]c2c(C)cccc12)NCCN1C(=O)C2C3C=CC(C3)C2C1=O. The van der Waals surface area contributed by atoms with Gasteiger partial charge in [-0.25, -0.2) is 0 Å². The van der Waals surface area contributed by atoms with E-state index in [2.05, 4.69) is 64.1 Å². The van der Waals surface area contributed by atoms with Gasteiger partial charge < -0.3 is 15.6 Å². The Morgan fingerprint density at radius 1 is 1.13 bits per heavy atom. The number of fused-ring (bicyclic) bond motifs is 6. The van der Waals surface area contributed by atoms with Crippen LogP contribution in [-0.2, 0) is 16.0 Å². The maximum atomic E-state index is 12.8. The number of carbonyl (C=O) groups is 2. The molecule has 2 aliphatic carbocycles. The Morgan fingerprint density at radius 2 is 1.84 bits per heavy atom. The summed E-state index contributed by atoms with van der Waals surface area (Å²) in [6.07, 6.45) is 8.15. The number of para-hydroxylation sites is 1. The van der Waals surface area contributed by atoms with E-state index in [1.165, 1.54) is 26.9 Å². The first-order chi connectivity index (χ1) is 15.1. The third-order valence-corrected chi connectivity index (χ3v) is 7.11. The van der Waals surface area contributed by atoms with Crippen LogP contribution in [0.2, 0.25) is 0 Å². The molecule has 1 saturated carbocycles. The van der Waals surface area contributed by atoms with Crippen molar-refractivity contribution in [2.75, 3.05) is 26.7 Å². The predicted molar refractivity (Wildman–Crippen MR) is 121 cm³/mol. The first-order valence-electron chi connectivity index (χ1n) is 11.1. The molecular weight excluding hydrogens is 390 g/mol. The van der Waals surface area contributed by atoms with Gasteiger partial charge in [-0.05, 0) is 42.7 Å². The average molecular weight is 420 g/mol. The number of guanidine groups is 1. The Morgan fingerprint density at radius 3 is 2.55 bits per heavy atom. The van der Waals surface area contributed by atoms with E-state index in [9.17, 15) is 9.59 Å². The molecule has 7 heteroatoms. The number of hydrogen-bond donors (Lipinski definition) is 3. The van der Waals surface area contributed by atoms with Crippen LogP contribution >= 0.6 is 0 Å². The number of aliphatic imine (C=N–C) groups is 1. The minimum Gasteiger partial charge on any atom is -0.361 e. The van der Waals surface area contributed by atoms with Gasteiger partial charge in [-0.15, -0.1) is 0 Å².